The first-order chi connectivity index (χ1) is 12.4. The molecule has 0 spiro atoms. The number of carbonyl (C=O) groups is 2. The van der Waals surface area contributed by atoms with Crippen molar-refractivity contribution in [2.45, 2.75) is 77.6 Å². The van der Waals surface area contributed by atoms with E-state index in [-0.39, 0.29) is 35.4 Å². The predicted octanol–water partition coefficient (Wildman–Crippen LogP) is 5.12. The zero-order chi connectivity index (χ0) is 20.5. The lowest BCUT2D eigenvalue weighted by Gasteiger charge is -2.45. The van der Waals surface area contributed by atoms with Gasteiger partial charge in [0, 0.05) is 11.0 Å². The lowest BCUT2D eigenvalue weighted by atomic mass is 9.70. The molecule has 4 nitrogen and oxygen atoms in total. The zero-order valence-corrected chi connectivity index (χ0v) is 18.7. The number of hydrogen-bond donors (Lipinski definition) is 0. The second-order valence-corrected chi connectivity index (χ2v) is 14.1. The number of carbonyl (C=O) groups excluding carboxylic acids is 2. The SMILES string of the molecule is C=CCOC(=O)CC(=O)C1=CCC[C@@]2(C)C1=CC[C@@H]2O[Si](C)(C)C(C)(C)C. The van der Waals surface area contributed by atoms with Crippen LogP contribution in [0.3, 0.4) is 0 Å². The Hall–Kier alpha value is -1.46. The molecule has 0 unspecified atom stereocenters. The smallest absolute Gasteiger partial charge is 0.314 e. The lowest BCUT2D eigenvalue weighted by Crippen LogP contribution is -2.48. The third kappa shape index (κ3) is 4.52. The summed E-state index contributed by atoms with van der Waals surface area (Å²) in [5.74, 6) is -0.657. The zero-order valence-electron chi connectivity index (χ0n) is 17.7. The first kappa shape index (κ1) is 21.8. The Morgan fingerprint density at radius 3 is 2.59 bits per heavy atom. The molecule has 5 heteroatoms. The first-order valence-corrected chi connectivity index (χ1v) is 12.7. The van der Waals surface area contributed by atoms with Gasteiger partial charge in [-0.2, -0.15) is 0 Å². The molecular formula is C22H34O4Si. The Morgan fingerprint density at radius 1 is 1.33 bits per heavy atom. The number of rotatable bonds is 7. The highest BCUT2D eigenvalue weighted by Crippen LogP contribution is 2.52. The number of Topliss-reactive ketones (excluding diaryl/α,β-unsaturated/α-hetero) is 1. The monoisotopic (exact) mass is 390 g/mol. The second kappa shape index (κ2) is 7.88. The van der Waals surface area contributed by atoms with E-state index in [1.807, 2.05) is 6.08 Å². The minimum Gasteiger partial charge on any atom is -0.461 e. The number of hydrogen-bond acceptors (Lipinski definition) is 4. The molecule has 0 aromatic carbocycles. The average Bonchev–Trinajstić information content (AvgIpc) is 2.87. The van der Waals surface area contributed by atoms with Gasteiger partial charge in [0.1, 0.15) is 13.0 Å². The molecule has 0 aliphatic heterocycles. The van der Waals surface area contributed by atoms with Crippen LogP contribution in [-0.4, -0.2) is 32.8 Å². The summed E-state index contributed by atoms with van der Waals surface area (Å²) in [6.07, 6.45) is 8.12. The molecule has 2 atom stereocenters. The van der Waals surface area contributed by atoms with Gasteiger partial charge in [0.2, 0.25) is 0 Å². The number of ketones is 1. The lowest BCUT2D eigenvalue weighted by molar-refractivity contribution is -0.144. The molecule has 0 aromatic heterocycles. The van der Waals surface area contributed by atoms with Crippen LogP contribution in [0.25, 0.3) is 0 Å². The van der Waals surface area contributed by atoms with E-state index < -0.39 is 14.3 Å². The quantitative estimate of drug-likeness (QED) is 0.262. The second-order valence-electron chi connectivity index (χ2n) is 9.37. The molecule has 0 amide bonds. The highest BCUT2D eigenvalue weighted by atomic mass is 28.4. The van der Waals surface area contributed by atoms with E-state index in [0.717, 1.165) is 24.8 Å². The van der Waals surface area contributed by atoms with Crippen LogP contribution in [0.4, 0.5) is 0 Å². The van der Waals surface area contributed by atoms with Gasteiger partial charge in [0.25, 0.3) is 0 Å². The molecule has 27 heavy (non-hydrogen) atoms. The molecule has 0 saturated carbocycles. The molecule has 2 aliphatic rings. The maximum absolute atomic E-state index is 12.7. The fourth-order valence-corrected chi connectivity index (χ4v) is 5.06. The Kier molecular flexibility index (Phi) is 6.37. The molecular weight excluding hydrogens is 356 g/mol. The normalized spacial score (nSPS) is 25.3. The van der Waals surface area contributed by atoms with Crippen LogP contribution in [0.2, 0.25) is 18.1 Å². The minimum absolute atomic E-state index is 0.0950. The topological polar surface area (TPSA) is 52.6 Å². The van der Waals surface area contributed by atoms with Crippen LogP contribution >= 0.6 is 0 Å². The summed E-state index contributed by atoms with van der Waals surface area (Å²) >= 11 is 0. The molecule has 0 fully saturated rings. The third-order valence-electron chi connectivity index (χ3n) is 6.37. The summed E-state index contributed by atoms with van der Waals surface area (Å²) in [7, 11) is -1.90. The van der Waals surface area contributed by atoms with Gasteiger partial charge in [0.15, 0.2) is 14.1 Å². The molecule has 0 heterocycles. The fourth-order valence-electron chi connectivity index (χ4n) is 3.64. The minimum atomic E-state index is -1.90. The van der Waals surface area contributed by atoms with E-state index in [1.165, 1.54) is 6.08 Å². The molecule has 0 saturated heterocycles. The van der Waals surface area contributed by atoms with Crippen molar-refractivity contribution in [3.05, 3.63) is 36.0 Å². The van der Waals surface area contributed by atoms with Gasteiger partial charge in [0.05, 0.1) is 6.10 Å². The number of allylic oxidation sites excluding steroid dienone is 2. The number of esters is 1. The maximum Gasteiger partial charge on any atom is 0.314 e. The summed E-state index contributed by atoms with van der Waals surface area (Å²) < 4.78 is 11.7. The first-order valence-electron chi connectivity index (χ1n) is 9.81. The number of fused-ring (bicyclic) bond motifs is 1. The van der Waals surface area contributed by atoms with Gasteiger partial charge in [-0.1, -0.05) is 52.5 Å². The van der Waals surface area contributed by atoms with E-state index in [9.17, 15) is 9.59 Å². The number of ether oxygens (including phenoxy) is 1. The van der Waals surface area contributed by atoms with Gasteiger partial charge in [-0.3, -0.25) is 9.59 Å². The van der Waals surface area contributed by atoms with E-state index in [0.29, 0.717) is 5.57 Å². The molecule has 0 radical (unpaired) electrons. The van der Waals surface area contributed by atoms with Crippen LogP contribution in [-0.2, 0) is 18.8 Å². The Morgan fingerprint density at radius 2 is 2.00 bits per heavy atom. The van der Waals surface area contributed by atoms with Gasteiger partial charge in [-0.15, -0.1) is 0 Å². The van der Waals surface area contributed by atoms with E-state index >= 15 is 0 Å². The van der Waals surface area contributed by atoms with Crippen LogP contribution in [0.1, 0.15) is 53.4 Å². The van der Waals surface area contributed by atoms with Crippen molar-refractivity contribution in [2.75, 3.05) is 6.61 Å². The maximum atomic E-state index is 12.7. The molecule has 0 aromatic rings. The van der Waals surface area contributed by atoms with E-state index in [1.54, 1.807) is 0 Å². The highest BCUT2D eigenvalue weighted by Gasteiger charge is 2.49. The van der Waals surface area contributed by atoms with Crippen molar-refractivity contribution in [3.8, 4) is 0 Å². The predicted molar refractivity (Wildman–Crippen MR) is 111 cm³/mol. The van der Waals surface area contributed by atoms with Crippen molar-refractivity contribution in [1.29, 1.82) is 0 Å². The summed E-state index contributed by atoms with van der Waals surface area (Å²) in [6, 6.07) is 0. The van der Waals surface area contributed by atoms with Crippen molar-refractivity contribution in [3.63, 3.8) is 0 Å². The van der Waals surface area contributed by atoms with E-state index in [4.69, 9.17) is 9.16 Å². The summed E-state index contributed by atoms with van der Waals surface area (Å²) in [5, 5.41) is 0.143. The molecule has 150 valence electrons. The molecule has 0 N–H and O–H groups in total. The van der Waals surface area contributed by atoms with E-state index in [2.05, 4.69) is 53.4 Å². The van der Waals surface area contributed by atoms with Gasteiger partial charge in [-0.05, 0) is 43.0 Å². The molecule has 0 bridgehead atoms. The standard InChI is InChI=1S/C22H34O4Si/c1-8-14-25-20(24)15-18(23)16-10-9-13-22(5)17(16)11-12-19(22)26-27(6,7)21(2,3)4/h8,10-11,19H,1,9,12-15H2,2-7H3/t19-,22-/m0/s1. The van der Waals surface area contributed by atoms with Crippen molar-refractivity contribution in [2.24, 2.45) is 5.41 Å². The van der Waals surface area contributed by atoms with Crippen molar-refractivity contribution >= 4 is 20.1 Å². The molecule has 2 rings (SSSR count). The van der Waals surface area contributed by atoms with Gasteiger partial charge < -0.3 is 9.16 Å². The largest absolute Gasteiger partial charge is 0.461 e. The molecule has 2 aliphatic carbocycles. The van der Waals surface area contributed by atoms with Crippen molar-refractivity contribution < 1.29 is 18.8 Å². The van der Waals surface area contributed by atoms with Gasteiger partial charge >= 0.3 is 5.97 Å². The van der Waals surface area contributed by atoms with Crippen molar-refractivity contribution in [1.82, 2.24) is 0 Å². The summed E-state index contributed by atoms with van der Waals surface area (Å²) in [6.45, 7) is 17.1. The Bertz CT molecular complexity index is 681. The Balaban J connectivity index is 2.15. The van der Waals surface area contributed by atoms with Crippen LogP contribution in [0.5, 0.6) is 0 Å². The average molecular weight is 391 g/mol. The van der Waals surface area contributed by atoms with Crippen LogP contribution in [0, 0.1) is 5.41 Å². The third-order valence-corrected chi connectivity index (χ3v) is 10.9. The van der Waals surface area contributed by atoms with Crippen LogP contribution < -0.4 is 0 Å². The van der Waals surface area contributed by atoms with Crippen LogP contribution in [0.15, 0.2) is 36.0 Å². The Labute approximate surface area is 164 Å². The highest BCUT2D eigenvalue weighted by molar-refractivity contribution is 6.74. The summed E-state index contributed by atoms with van der Waals surface area (Å²) in [5.41, 5.74) is 1.57. The fraction of sp³-hybridized carbons (Fsp3) is 0.636. The summed E-state index contributed by atoms with van der Waals surface area (Å²) in [4.78, 5) is 24.6. The van der Waals surface area contributed by atoms with Gasteiger partial charge in [-0.25, -0.2) is 0 Å².